The highest BCUT2D eigenvalue weighted by molar-refractivity contribution is 7.89. The van der Waals surface area contributed by atoms with E-state index in [1.165, 1.54) is 26.4 Å². The number of amides is 1. The average molecular weight is 408 g/mol. The zero-order valence-electron chi connectivity index (χ0n) is 15.3. The van der Waals surface area contributed by atoms with Crippen molar-refractivity contribution < 1.29 is 32.2 Å². The number of nitrogens with one attached hydrogen (secondary N) is 1. The molecular formula is C18H20N2O7S. The Kier molecular flexibility index (Phi) is 6.96. The third-order valence-corrected chi connectivity index (χ3v) is 4.59. The molecule has 0 saturated carbocycles. The Morgan fingerprint density at radius 2 is 1.82 bits per heavy atom. The lowest BCUT2D eigenvalue weighted by atomic mass is 10.2. The van der Waals surface area contributed by atoms with Gasteiger partial charge in [-0.15, -0.1) is 0 Å². The monoisotopic (exact) mass is 408 g/mol. The summed E-state index contributed by atoms with van der Waals surface area (Å²) in [5, 5.41) is 7.66. The van der Waals surface area contributed by atoms with E-state index < -0.39 is 28.5 Å². The quantitative estimate of drug-likeness (QED) is 0.618. The number of primary sulfonamides is 1. The van der Waals surface area contributed by atoms with E-state index in [1.807, 2.05) is 0 Å². The maximum Gasteiger partial charge on any atom is 0.342 e. The molecule has 2 rings (SSSR count). The third-order valence-electron chi connectivity index (χ3n) is 3.68. The second-order valence-corrected chi connectivity index (χ2v) is 7.17. The average Bonchev–Trinajstić information content (AvgIpc) is 2.69. The van der Waals surface area contributed by atoms with Crippen LogP contribution in [-0.2, 0) is 26.1 Å². The fraction of sp³-hybridized carbons (Fsp3) is 0.222. The van der Waals surface area contributed by atoms with Gasteiger partial charge in [-0.1, -0.05) is 12.1 Å². The number of carbonyl (C=O) groups is 2. The molecule has 0 atom stereocenters. The molecule has 0 saturated heterocycles. The first-order valence-electron chi connectivity index (χ1n) is 8.02. The summed E-state index contributed by atoms with van der Waals surface area (Å²) in [5.74, 6) is -0.703. The Morgan fingerprint density at radius 1 is 1.07 bits per heavy atom. The van der Waals surface area contributed by atoms with Gasteiger partial charge in [-0.05, 0) is 35.9 Å². The smallest absolute Gasteiger partial charge is 0.342 e. The first-order chi connectivity index (χ1) is 13.2. The van der Waals surface area contributed by atoms with E-state index in [9.17, 15) is 18.0 Å². The van der Waals surface area contributed by atoms with Crippen molar-refractivity contribution in [3.05, 3.63) is 53.6 Å². The molecular weight excluding hydrogens is 388 g/mol. The maximum atomic E-state index is 12.2. The van der Waals surface area contributed by atoms with Gasteiger partial charge in [-0.25, -0.2) is 18.4 Å². The van der Waals surface area contributed by atoms with Crippen molar-refractivity contribution in [2.24, 2.45) is 5.14 Å². The number of sulfonamides is 1. The lowest BCUT2D eigenvalue weighted by Gasteiger charge is -2.11. The lowest BCUT2D eigenvalue weighted by molar-refractivity contribution is -0.124. The van der Waals surface area contributed by atoms with Gasteiger partial charge in [-0.2, -0.15) is 0 Å². The van der Waals surface area contributed by atoms with Gasteiger partial charge >= 0.3 is 5.97 Å². The molecule has 28 heavy (non-hydrogen) atoms. The molecule has 0 fully saturated rings. The largest absolute Gasteiger partial charge is 0.497 e. The van der Waals surface area contributed by atoms with Crippen LogP contribution in [0.3, 0.4) is 0 Å². The molecule has 2 aromatic carbocycles. The minimum atomic E-state index is -4.01. The van der Waals surface area contributed by atoms with E-state index in [2.05, 4.69) is 5.32 Å². The summed E-state index contributed by atoms with van der Waals surface area (Å²) in [6, 6.07) is 10.6. The molecule has 0 heterocycles. The minimum Gasteiger partial charge on any atom is -0.497 e. The van der Waals surface area contributed by atoms with Gasteiger partial charge in [0.05, 0.1) is 19.1 Å². The number of nitrogens with two attached hydrogens (primary N) is 1. The summed E-state index contributed by atoms with van der Waals surface area (Å²) in [7, 11) is -1.17. The van der Waals surface area contributed by atoms with Crippen molar-refractivity contribution in [1.82, 2.24) is 5.32 Å². The molecule has 9 nitrogen and oxygen atoms in total. The van der Waals surface area contributed by atoms with Crippen molar-refractivity contribution in [1.29, 1.82) is 0 Å². The number of esters is 1. The van der Waals surface area contributed by atoms with E-state index in [4.69, 9.17) is 19.3 Å². The summed E-state index contributed by atoms with van der Waals surface area (Å²) in [5.41, 5.74) is 0.649. The standard InChI is InChI=1S/C18H20N2O7S/c1-25-13-5-3-4-12(8-13)10-20-17(21)11-27-18(22)15-9-14(28(19,23)24)6-7-16(15)26-2/h3-9H,10-11H2,1-2H3,(H,20,21)(H2,19,23,24). The van der Waals surface area contributed by atoms with Crippen LogP contribution in [0.2, 0.25) is 0 Å². The SMILES string of the molecule is COc1cccc(CNC(=O)COC(=O)c2cc(S(N)(=O)=O)ccc2OC)c1. The number of carbonyl (C=O) groups excluding carboxylic acids is 2. The number of ether oxygens (including phenoxy) is 3. The van der Waals surface area contributed by atoms with Crippen LogP contribution in [-0.4, -0.2) is 41.1 Å². The summed E-state index contributed by atoms with van der Waals surface area (Å²) >= 11 is 0. The molecule has 1 amide bonds. The maximum absolute atomic E-state index is 12.2. The summed E-state index contributed by atoms with van der Waals surface area (Å²) in [6.45, 7) is -0.330. The van der Waals surface area contributed by atoms with Crippen LogP contribution < -0.4 is 19.9 Å². The van der Waals surface area contributed by atoms with Crippen molar-refractivity contribution in [3.8, 4) is 11.5 Å². The first-order valence-corrected chi connectivity index (χ1v) is 9.57. The van der Waals surface area contributed by atoms with Gasteiger partial charge in [0, 0.05) is 6.54 Å². The van der Waals surface area contributed by atoms with Crippen LogP contribution in [0.15, 0.2) is 47.4 Å². The van der Waals surface area contributed by atoms with Gasteiger partial charge in [0.2, 0.25) is 10.0 Å². The van der Waals surface area contributed by atoms with Gasteiger partial charge in [-0.3, -0.25) is 4.79 Å². The molecule has 0 aromatic heterocycles. The summed E-state index contributed by atoms with van der Waals surface area (Å²) < 4.78 is 38.0. The highest BCUT2D eigenvalue weighted by Gasteiger charge is 2.19. The Labute approximate surface area is 162 Å². The first kappa shape index (κ1) is 21.2. The molecule has 0 radical (unpaired) electrons. The van der Waals surface area contributed by atoms with E-state index in [0.29, 0.717) is 5.75 Å². The number of benzene rings is 2. The van der Waals surface area contributed by atoms with Crippen LogP contribution in [0.25, 0.3) is 0 Å². The summed E-state index contributed by atoms with van der Waals surface area (Å²) in [4.78, 5) is 23.9. The number of hydrogen-bond acceptors (Lipinski definition) is 7. The predicted octanol–water partition coefficient (Wildman–Crippen LogP) is 0.824. The van der Waals surface area contributed by atoms with Crippen molar-refractivity contribution in [2.75, 3.05) is 20.8 Å². The van der Waals surface area contributed by atoms with Crippen molar-refractivity contribution >= 4 is 21.9 Å². The molecule has 2 aromatic rings. The van der Waals surface area contributed by atoms with Crippen LogP contribution in [0, 0.1) is 0 Å². The zero-order valence-corrected chi connectivity index (χ0v) is 16.1. The lowest BCUT2D eigenvalue weighted by Crippen LogP contribution is -2.28. The fourth-order valence-corrected chi connectivity index (χ4v) is 2.81. The molecule has 0 unspecified atom stereocenters. The second kappa shape index (κ2) is 9.20. The van der Waals surface area contributed by atoms with Gasteiger partial charge in [0.15, 0.2) is 6.61 Å². The Balaban J connectivity index is 1.98. The Morgan fingerprint density at radius 3 is 2.46 bits per heavy atom. The number of hydrogen-bond donors (Lipinski definition) is 2. The van der Waals surface area contributed by atoms with Crippen LogP contribution >= 0.6 is 0 Å². The van der Waals surface area contributed by atoms with Gasteiger partial charge < -0.3 is 19.5 Å². The topological polar surface area (TPSA) is 134 Å². The van der Waals surface area contributed by atoms with Crippen LogP contribution in [0.4, 0.5) is 0 Å². The van der Waals surface area contributed by atoms with E-state index in [-0.39, 0.29) is 22.8 Å². The van der Waals surface area contributed by atoms with E-state index in [1.54, 1.807) is 24.3 Å². The molecule has 0 spiro atoms. The third kappa shape index (κ3) is 5.69. The molecule has 150 valence electrons. The molecule has 0 aliphatic carbocycles. The zero-order chi connectivity index (χ0) is 20.7. The van der Waals surface area contributed by atoms with Crippen molar-refractivity contribution in [3.63, 3.8) is 0 Å². The molecule has 10 heteroatoms. The van der Waals surface area contributed by atoms with Crippen LogP contribution in [0.5, 0.6) is 11.5 Å². The fourth-order valence-electron chi connectivity index (χ4n) is 2.27. The Bertz CT molecular complexity index is 974. The molecule has 3 N–H and O–H groups in total. The van der Waals surface area contributed by atoms with Gasteiger partial charge in [0.25, 0.3) is 5.91 Å². The minimum absolute atomic E-state index is 0.0918. The Hall–Kier alpha value is -3.11. The van der Waals surface area contributed by atoms with Crippen molar-refractivity contribution in [2.45, 2.75) is 11.4 Å². The highest BCUT2D eigenvalue weighted by atomic mass is 32.2. The van der Waals surface area contributed by atoms with E-state index in [0.717, 1.165) is 11.6 Å². The molecule has 0 bridgehead atoms. The van der Waals surface area contributed by atoms with E-state index >= 15 is 0 Å². The number of methoxy groups -OCH3 is 2. The molecule has 0 aliphatic heterocycles. The van der Waals surface area contributed by atoms with Crippen LogP contribution in [0.1, 0.15) is 15.9 Å². The predicted molar refractivity (Wildman–Crippen MR) is 99.5 cm³/mol. The van der Waals surface area contributed by atoms with Gasteiger partial charge in [0.1, 0.15) is 17.1 Å². The molecule has 0 aliphatic rings. The normalized spacial score (nSPS) is 10.8. The second-order valence-electron chi connectivity index (χ2n) is 5.61. The highest BCUT2D eigenvalue weighted by Crippen LogP contribution is 2.22. The number of rotatable bonds is 8. The summed E-state index contributed by atoms with van der Waals surface area (Å²) in [6.07, 6.45) is 0.